The van der Waals surface area contributed by atoms with Crippen LogP contribution in [0.4, 0.5) is 0 Å². The van der Waals surface area contributed by atoms with Crippen molar-refractivity contribution in [2.45, 2.75) is 72.0 Å². The molecule has 3 rings (SSSR count). The SMILES string of the molecule is CC(C)(C)CC1C(c2ccccc2)=C(c2ccccc2)[Si]1(O[Si](C)(C)C)O[Si](C)(C)C. The van der Waals surface area contributed by atoms with Crippen molar-refractivity contribution in [3.05, 3.63) is 71.8 Å². The van der Waals surface area contributed by atoms with E-state index in [-0.39, 0.29) is 5.41 Å². The van der Waals surface area contributed by atoms with Gasteiger partial charge in [-0.25, -0.2) is 0 Å². The molecule has 1 unspecified atom stereocenters. The van der Waals surface area contributed by atoms with Gasteiger partial charge in [-0.1, -0.05) is 81.4 Å². The van der Waals surface area contributed by atoms with E-state index < -0.39 is 25.2 Å². The second kappa shape index (κ2) is 8.60. The van der Waals surface area contributed by atoms with E-state index in [2.05, 4.69) is 121 Å². The third-order valence-electron chi connectivity index (χ3n) is 5.30. The molecular formula is C26H40O2Si3. The zero-order valence-electron chi connectivity index (χ0n) is 20.9. The second-order valence-electron chi connectivity index (χ2n) is 11.9. The van der Waals surface area contributed by atoms with Crippen molar-refractivity contribution in [1.82, 2.24) is 0 Å². The van der Waals surface area contributed by atoms with E-state index in [1.54, 1.807) is 0 Å². The van der Waals surface area contributed by atoms with Crippen LogP contribution in [0, 0.1) is 5.41 Å². The van der Waals surface area contributed by atoms with Crippen LogP contribution in [0.2, 0.25) is 44.8 Å². The molecule has 0 spiro atoms. The Morgan fingerprint density at radius 2 is 1.13 bits per heavy atom. The lowest BCUT2D eigenvalue weighted by molar-refractivity contribution is 0.325. The van der Waals surface area contributed by atoms with E-state index in [9.17, 15) is 0 Å². The molecule has 5 heteroatoms. The Morgan fingerprint density at radius 1 is 0.710 bits per heavy atom. The molecule has 0 aliphatic carbocycles. The van der Waals surface area contributed by atoms with Gasteiger partial charge in [0.1, 0.15) is 0 Å². The summed E-state index contributed by atoms with van der Waals surface area (Å²) in [5.41, 5.74) is 4.57. The van der Waals surface area contributed by atoms with Crippen LogP contribution in [-0.2, 0) is 8.23 Å². The zero-order valence-corrected chi connectivity index (χ0v) is 23.9. The van der Waals surface area contributed by atoms with Crippen molar-refractivity contribution >= 4 is 36.0 Å². The molecule has 0 bridgehead atoms. The Hall–Kier alpha value is -1.25. The molecule has 168 valence electrons. The average Bonchev–Trinajstić information content (AvgIpc) is 2.62. The van der Waals surface area contributed by atoms with Crippen LogP contribution in [0.3, 0.4) is 0 Å². The lowest BCUT2D eigenvalue weighted by Gasteiger charge is -2.55. The molecule has 2 aromatic carbocycles. The van der Waals surface area contributed by atoms with Gasteiger partial charge in [-0.3, -0.25) is 0 Å². The molecule has 0 N–H and O–H groups in total. The fraction of sp³-hybridized carbons (Fsp3) is 0.462. The van der Waals surface area contributed by atoms with Gasteiger partial charge in [0.15, 0.2) is 16.6 Å². The summed E-state index contributed by atoms with van der Waals surface area (Å²) in [6, 6.07) is 21.8. The first kappa shape index (κ1) is 24.4. The van der Waals surface area contributed by atoms with Crippen LogP contribution in [0.15, 0.2) is 60.7 Å². The molecule has 0 radical (unpaired) electrons. The number of rotatable bonds is 7. The van der Waals surface area contributed by atoms with Crippen LogP contribution in [0.25, 0.3) is 10.8 Å². The van der Waals surface area contributed by atoms with Gasteiger partial charge in [-0.2, -0.15) is 0 Å². The van der Waals surface area contributed by atoms with Crippen LogP contribution >= 0.6 is 0 Å². The highest BCUT2D eigenvalue weighted by Gasteiger charge is 2.63. The maximum absolute atomic E-state index is 7.25. The highest BCUT2D eigenvalue weighted by molar-refractivity contribution is 7.04. The molecule has 2 nitrogen and oxygen atoms in total. The van der Waals surface area contributed by atoms with Gasteiger partial charge in [0.05, 0.1) is 0 Å². The Labute approximate surface area is 193 Å². The maximum atomic E-state index is 7.25. The molecule has 1 heterocycles. The van der Waals surface area contributed by atoms with Crippen LogP contribution in [-0.4, -0.2) is 25.2 Å². The van der Waals surface area contributed by atoms with Gasteiger partial charge in [0.25, 0.3) is 0 Å². The first-order chi connectivity index (χ1) is 14.2. The van der Waals surface area contributed by atoms with E-state index in [4.69, 9.17) is 8.23 Å². The summed E-state index contributed by atoms with van der Waals surface area (Å²) >= 11 is 0. The van der Waals surface area contributed by atoms with E-state index in [1.165, 1.54) is 21.9 Å². The predicted octanol–water partition coefficient (Wildman–Crippen LogP) is 8.10. The van der Waals surface area contributed by atoms with E-state index in [1.807, 2.05) is 0 Å². The quantitative estimate of drug-likeness (QED) is 0.382. The summed E-state index contributed by atoms with van der Waals surface area (Å²) in [7, 11) is -6.39. The lowest BCUT2D eigenvalue weighted by Crippen LogP contribution is -2.63. The number of hydrogen-bond acceptors (Lipinski definition) is 2. The van der Waals surface area contributed by atoms with Gasteiger partial charge >= 0.3 is 8.56 Å². The minimum Gasteiger partial charge on any atom is -0.433 e. The van der Waals surface area contributed by atoms with Crippen LogP contribution in [0.1, 0.15) is 38.3 Å². The summed E-state index contributed by atoms with van der Waals surface area (Å²) < 4.78 is 14.5. The zero-order chi connectivity index (χ0) is 23.1. The summed E-state index contributed by atoms with van der Waals surface area (Å²) in [6.07, 6.45) is 1.08. The topological polar surface area (TPSA) is 18.5 Å². The highest BCUT2D eigenvalue weighted by atomic mass is 28.5. The molecular weight excluding hydrogens is 429 g/mol. The van der Waals surface area contributed by atoms with Gasteiger partial charge in [0, 0.05) is 10.7 Å². The van der Waals surface area contributed by atoms with Gasteiger partial charge in [-0.15, -0.1) is 0 Å². The highest BCUT2D eigenvalue weighted by Crippen LogP contribution is 2.62. The standard InChI is InChI=1S/C26H40O2Si3/c1-26(2,3)20-23-24(21-16-12-10-13-17-21)25(22-18-14-11-15-19-22)31(23,27-29(4,5)6)28-30(7,8)9/h10-19,23H,20H2,1-9H3. The van der Waals surface area contributed by atoms with Crippen LogP contribution < -0.4 is 0 Å². The molecule has 2 aromatic rings. The Morgan fingerprint density at radius 3 is 1.52 bits per heavy atom. The monoisotopic (exact) mass is 468 g/mol. The lowest BCUT2D eigenvalue weighted by atomic mass is 9.85. The number of benzene rings is 2. The first-order valence-electron chi connectivity index (χ1n) is 11.5. The maximum Gasteiger partial charge on any atom is 0.360 e. The summed E-state index contributed by atoms with van der Waals surface area (Å²) in [4.78, 5) is 0. The molecule has 0 aromatic heterocycles. The van der Waals surface area contributed by atoms with Gasteiger partial charge in [0.2, 0.25) is 0 Å². The fourth-order valence-electron chi connectivity index (χ4n) is 4.60. The van der Waals surface area contributed by atoms with Crippen molar-refractivity contribution in [3.8, 4) is 0 Å². The predicted molar refractivity (Wildman–Crippen MR) is 142 cm³/mol. The average molecular weight is 469 g/mol. The van der Waals surface area contributed by atoms with Crippen molar-refractivity contribution in [1.29, 1.82) is 0 Å². The van der Waals surface area contributed by atoms with E-state index in [0.717, 1.165) is 6.42 Å². The normalized spacial score (nSPS) is 19.3. The third-order valence-corrected chi connectivity index (χ3v) is 15.3. The van der Waals surface area contributed by atoms with Gasteiger partial charge in [-0.05, 0) is 67.8 Å². The molecule has 1 aliphatic rings. The molecule has 1 aliphatic heterocycles. The summed E-state index contributed by atoms with van der Waals surface area (Å²) in [5, 5.41) is 1.37. The Kier molecular flexibility index (Phi) is 6.76. The minimum atomic E-state index is -2.67. The largest absolute Gasteiger partial charge is 0.433 e. The van der Waals surface area contributed by atoms with E-state index in [0.29, 0.717) is 5.54 Å². The van der Waals surface area contributed by atoms with Crippen molar-refractivity contribution in [2.75, 3.05) is 0 Å². The smallest absolute Gasteiger partial charge is 0.360 e. The summed E-state index contributed by atoms with van der Waals surface area (Å²) in [5.74, 6) is 0. The molecule has 0 saturated carbocycles. The molecule has 1 atom stereocenters. The molecule has 0 fully saturated rings. The molecule has 31 heavy (non-hydrogen) atoms. The Bertz CT molecular complexity index is 901. The van der Waals surface area contributed by atoms with Crippen molar-refractivity contribution < 1.29 is 8.23 Å². The van der Waals surface area contributed by atoms with Crippen molar-refractivity contribution in [3.63, 3.8) is 0 Å². The third kappa shape index (κ3) is 5.76. The van der Waals surface area contributed by atoms with Crippen molar-refractivity contribution in [2.24, 2.45) is 5.41 Å². The van der Waals surface area contributed by atoms with Gasteiger partial charge < -0.3 is 8.23 Å². The Balaban J connectivity index is 2.33. The molecule has 0 saturated heterocycles. The number of hydrogen-bond donors (Lipinski definition) is 0. The minimum absolute atomic E-state index is 0.191. The fourth-order valence-corrected chi connectivity index (χ4v) is 17.3. The van der Waals surface area contributed by atoms with Crippen LogP contribution in [0.5, 0.6) is 0 Å². The number of allylic oxidation sites excluding steroid dienone is 1. The second-order valence-corrected chi connectivity index (χ2v) is 24.5. The first-order valence-corrected chi connectivity index (χ1v) is 20.2. The van der Waals surface area contributed by atoms with E-state index >= 15 is 0 Å². The summed E-state index contributed by atoms with van der Waals surface area (Å²) in [6.45, 7) is 20.9. The molecule has 0 amide bonds.